The molecule has 0 bridgehead atoms. The SMILES string of the molecule is COc1ccccc1Cn1c(C)cnc1C1=CCC(C)(C(F)(F)F)N=C1. The molecule has 0 aliphatic carbocycles. The Hall–Kier alpha value is -2.57. The zero-order valence-electron chi connectivity index (χ0n) is 14.8. The number of aliphatic imine (C=N–C) groups is 1. The van der Waals surface area contributed by atoms with Gasteiger partial charge < -0.3 is 9.30 Å². The smallest absolute Gasteiger partial charge is 0.413 e. The molecule has 0 N–H and O–H groups in total. The standard InChI is InChI=1S/C19H20F3N3O/c1-13-10-23-17(14-8-9-18(2,24-11-14)19(20,21)22)25(13)12-15-6-4-5-7-16(15)26-3/h4-8,10-11H,9,12H2,1-3H3. The maximum absolute atomic E-state index is 13.1. The third kappa shape index (κ3) is 3.25. The van der Waals surface area contributed by atoms with Crippen LogP contribution >= 0.6 is 0 Å². The van der Waals surface area contributed by atoms with Crippen molar-refractivity contribution in [2.75, 3.05) is 7.11 Å². The lowest BCUT2D eigenvalue weighted by Gasteiger charge is -2.29. The van der Waals surface area contributed by atoms with Crippen molar-refractivity contribution in [3.63, 3.8) is 0 Å². The van der Waals surface area contributed by atoms with Gasteiger partial charge in [0.15, 0.2) is 5.54 Å². The molecule has 0 spiro atoms. The van der Waals surface area contributed by atoms with Crippen LogP contribution in [0.5, 0.6) is 5.75 Å². The van der Waals surface area contributed by atoms with Crippen molar-refractivity contribution in [2.45, 2.75) is 38.5 Å². The van der Waals surface area contributed by atoms with Gasteiger partial charge >= 0.3 is 6.18 Å². The number of alkyl halides is 3. The summed E-state index contributed by atoms with van der Waals surface area (Å²) < 4.78 is 46.7. The van der Waals surface area contributed by atoms with Gasteiger partial charge in [-0.05, 0) is 19.9 Å². The topological polar surface area (TPSA) is 39.4 Å². The number of benzene rings is 1. The summed E-state index contributed by atoms with van der Waals surface area (Å²) in [5.41, 5.74) is 0.385. The molecule has 0 amide bonds. The van der Waals surface area contributed by atoms with Gasteiger partial charge in [0.05, 0.1) is 13.7 Å². The Balaban J connectivity index is 1.91. The molecule has 3 rings (SSSR count). The van der Waals surface area contributed by atoms with Crippen LogP contribution in [0.25, 0.3) is 5.57 Å². The number of para-hydroxylation sites is 1. The molecule has 2 heterocycles. The van der Waals surface area contributed by atoms with E-state index in [1.807, 2.05) is 35.8 Å². The Labute approximate surface area is 150 Å². The first-order valence-electron chi connectivity index (χ1n) is 8.22. The van der Waals surface area contributed by atoms with E-state index in [0.717, 1.165) is 23.9 Å². The molecule has 2 aromatic rings. The van der Waals surface area contributed by atoms with E-state index >= 15 is 0 Å². The van der Waals surface area contributed by atoms with Gasteiger partial charge in [-0.2, -0.15) is 13.2 Å². The molecule has 26 heavy (non-hydrogen) atoms. The number of nitrogens with zero attached hydrogens (tertiary/aromatic N) is 3. The van der Waals surface area contributed by atoms with Crippen LogP contribution in [0.1, 0.15) is 30.4 Å². The molecule has 7 heteroatoms. The van der Waals surface area contributed by atoms with Crippen LogP contribution in [0, 0.1) is 6.92 Å². The average Bonchev–Trinajstić information content (AvgIpc) is 2.96. The number of imidazole rings is 1. The highest BCUT2D eigenvalue weighted by atomic mass is 19.4. The molecule has 0 fully saturated rings. The zero-order chi connectivity index (χ0) is 18.9. The summed E-state index contributed by atoms with van der Waals surface area (Å²) in [4.78, 5) is 8.17. The minimum absolute atomic E-state index is 0.205. The van der Waals surface area contributed by atoms with E-state index < -0.39 is 11.7 Å². The van der Waals surface area contributed by atoms with Crippen LogP contribution in [0.15, 0.2) is 41.5 Å². The number of hydrogen-bond donors (Lipinski definition) is 0. The first-order chi connectivity index (χ1) is 12.2. The van der Waals surface area contributed by atoms with E-state index in [4.69, 9.17) is 4.74 Å². The number of aryl methyl sites for hydroxylation is 1. The number of halogens is 3. The summed E-state index contributed by atoms with van der Waals surface area (Å²) in [6.07, 6.45) is -0.0490. The van der Waals surface area contributed by atoms with Crippen LogP contribution in [-0.4, -0.2) is 34.6 Å². The largest absolute Gasteiger partial charge is 0.496 e. The Morgan fingerprint density at radius 3 is 2.62 bits per heavy atom. The number of allylic oxidation sites excluding steroid dienone is 1. The van der Waals surface area contributed by atoms with E-state index in [1.54, 1.807) is 19.4 Å². The summed E-state index contributed by atoms with van der Waals surface area (Å²) in [6.45, 7) is 3.52. The number of aromatic nitrogens is 2. The summed E-state index contributed by atoms with van der Waals surface area (Å²) >= 11 is 0. The number of dihydropyridines is 1. The van der Waals surface area contributed by atoms with E-state index in [-0.39, 0.29) is 6.42 Å². The van der Waals surface area contributed by atoms with Crippen molar-refractivity contribution in [3.05, 3.63) is 53.6 Å². The highest BCUT2D eigenvalue weighted by molar-refractivity contribution is 6.09. The normalized spacial score (nSPS) is 20.2. The Morgan fingerprint density at radius 1 is 1.27 bits per heavy atom. The quantitative estimate of drug-likeness (QED) is 0.806. The zero-order valence-corrected chi connectivity index (χ0v) is 14.8. The van der Waals surface area contributed by atoms with Crippen molar-refractivity contribution in [2.24, 2.45) is 4.99 Å². The molecule has 1 unspecified atom stereocenters. The summed E-state index contributed by atoms with van der Waals surface area (Å²) in [5.74, 6) is 1.35. The average molecular weight is 363 g/mol. The van der Waals surface area contributed by atoms with Crippen LogP contribution in [-0.2, 0) is 6.54 Å². The second kappa shape index (κ2) is 6.63. The van der Waals surface area contributed by atoms with Crippen molar-refractivity contribution in [1.29, 1.82) is 0 Å². The van der Waals surface area contributed by atoms with Gasteiger partial charge in [0, 0.05) is 35.7 Å². The molecule has 1 atom stereocenters. The minimum atomic E-state index is -4.38. The lowest BCUT2D eigenvalue weighted by molar-refractivity contribution is -0.178. The predicted octanol–water partition coefficient (Wildman–Crippen LogP) is 4.43. The van der Waals surface area contributed by atoms with Crippen molar-refractivity contribution < 1.29 is 17.9 Å². The van der Waals surface area contributed by atoms with Gasteiger partial charge in [0.25, 0.3) is 0 Å². The van der Waals surface area contributed by atoms with Crippen LogP contribution in [0.4, 0.5) is 13.2 Å². The van der Waals surface area contributed by atoms with Gasteiger partial charge in [-0.25, -0.2) is 4.98 Å². The molecule has 4 nitrogen and oxygen atoms in total. The molecule has 1 aliphatic rings. The molecule has 0 radical (unpaired) electrons. The number of rotatable bonds is 4. The summed E-state index contributed by atoms with van der Waals surface area (Å²) in [6, 6.07) is 7.63. The number of ether oxygens (including phenoxy) is 1. The highest BCUT2D eigenvalue weighted by Gasteiger charge is 2.51. The van der Waals surface area contributed by atoms with Crippen molar-refractivity contribution in [1.82, 2.24) is 9.55 Å². The fourth-order valence-corrected chi connectivity index (χ4v) is 2.86. The maximum Gasteiger partial charge on any atom is 0.413 e. The first-order valence-corrected chi connectivity index (χ1v) is 8.22. The second-order valence-electron chi connectivity index (χ2n) is 6.51. The van der Waals surface area contributed by atoms with Crippen LogP contribution in [0.2, 0.25) is 0 Å². The fourth-order valence-electron chi connectivity index (χ4n) is 2.86. The van der Waals surface area contributed by atoms with E-state index in [1.165, 1.54) is 6.21 Å². The Morgan fingerprint density at radius 2 is 2.00 bits per heavy atom. The van der Waals surface area contributed by atoms with Gasteiger partial charge in [0.1, 0.15) is 11.6 Å². The Kier molecular flexibility index (Phi) is 4.64. The molecule has 0 saturated heterocycles. The molecule has 1 aliphatic heterocycles. The van der Waals surface area contributed by atoms with Crippen LogP contribution < -0.4 is 4.74 Å². The fraction of sp³-hybridized carbons (Fsp3) is 0.368. The molecule has 0 saturated carbocycles. The van der Waals surface area contributed by atoms with E-state index in [9.17, 15) is 13.2 Å². The molecular formula is C19H20F3N3O. The molecule has 1 aromatic heterocycles. The van der Waals surface area contributed by atoms with Crippen molar-refractivity contribution >= 4 is 11.8 Å². The number of hydrogen-bond acceptors (Lipinski definition) is 3. The first kappa shape index (κ1) is 18.2. The minimum Gasteiger partial charge on any atom is -0.496 e. The summed E-state index contributed by atoms with van der Waals surface area (Å²) in [5, 5.41) is 0. The van der Waals surface area contributed by atoms with E-state index in [0.29, 0.717) is 17.9 Å². The maximum atomic E-state index is 13.1. The van der Waals surface area contributed by atoms with Gasteiger partial charge in [-0.1, -0.05) is 24.3 Å². The number of methoxy groups -OCH3 is 1. The molecule has 138 valence electrons. The highest BCUT2D eigenvalue weighted by Crippen LogP contribution is 2.39. The molecular weight excluding hydrogens is 343 g/mol. The second-order valence-corrected chi connectivity index (χ2v) is 6.51. The lowest BCUT2D eigenvalue weighted by atomic mass is 9.93. The third-order valence-corrected chi connectivity index (χ3v) is 4.65. The van der Waals surface area contributed by atoms with Gasteiger partial charge in [-0.15, -0.1) is 0 Å². The monoisotopic (exact) mass is 363 g/mol. The van der Waals surface area contributed by atoms with Crippen LogP contribution in [0.3, 0.4) is 0 Å². The van der Waals surface area contributed by atoms with Gasteiger partial charge in [-0.3, -0.25) is 4.99 Å². The third-order valence-electron chi connectivity index (χ3n) is 4.65. The van der Waals surface area contributed by atoms with E-state index in [2.05, 4.69) is 9.98 Å². The van der Waals surface area contributed by atoms with Crippen molar-refractivity contribution in [3.8, 4) is 5.75 Å². The Bertz CT molecular complexity index is 867. The summed E-state index contributed by atoms with van der Waals surface area (Å²) in [7, 11) is 1.61. The molecule has 1 aromatic carbocycles. The predicted molar refractivity (Wildman–Crippen MR) is 94.6 cm³/mol. The van der Waals surface area contributed by atoms with Gasteiger partial charge in [0.2, 0.25) is 0 Å². The lowest BCUT2D eigenvalue weighted by Crippen LogP contribution is -2.41.